The van der Waals surface area contributed by atoms with Crippen molar-refractivity contribution >= 4 is 18.3 Å². The number of benzene rings is 1. The minimum absolute atomic E-state index is 0. The van der Waals surface area contributed by atoms with Crippen LogP contribution in [-0.2, 0) is 0 Å². The number of rotatable bonds is 4. The number of halogens is 1. The topological polar surface area (TPSA) is 50.8 Å². The lowest BCUT2D eigenvalue weighted by Crippen LogP contribution is -2.42. The van der Waals surface area contributed by atoms with Crippen molar-refractivity contribution < 1.29 is 14.3 Å². The summed E-state index contributed by atoms with van der Waals surface area (Å²) in [5.41, 5.74) is 0.618. The van der Waals surface area contributed by atoms with E-state index in [1.54, 1.807) is 0 Å². The van der Waals surface area contributed by atoms with Gasteiger partial charge in [0.25, 0.3) is 5.91 Å². The van der Waals surface area contributed by atoms with Crippen LogP contribution in [0, 0.1) is 0 Å². The summed E-state index contributed by atoms with van der Waals surface area (Å²) in [6.07, 6.45) is 1.97. The third kappa shape index (κ3) is 3.31. The molecular weight excluding hydrogens is 304 g/mol. The van der Waals surface area contributed by atoms with Crippen LogP contribution in [0.15, 0.2) is 18.2 Å². The zero-order valence-electron chi connectivity index (χ0n) is 12.8. The first-order chi connectivity index (χ1) is 10.3. The third-order valence-electron chi connectivity index (χ3n) is 4.00. The number of amides is 1. The maximum atomic E-state index is 13.0. The van der Waals surface area contributed by atoms with E-state index in [-0.39, 0.29) is 24.4 Å². The number of ether oxygens (including phenoxy) is 2. The Kier molecular flexibility index (Phi) is 5.91. The van der Waals surface area contributed by atoms with Gasteiger partial charge in [-0.05, 0) is 31.5 Å². The summed E-state index contributed by atoms with van der Waals surface area (Å²) in [4.78, 5) is 14.9. The van der Waals surface area contributed by atoms with Crippen molar-refractivity contribution in [3.05, 3.63) is 23.8 Å². The van der Waals surface area contributed by atoms with Crippen LogP contribution in [0.1, 0.15) is 30.1 Å². The Morgan fingerprint density at radius 3 is 2.91 bits per heavy atom. The molecule has 3 rings (SSSR count). The number of para-hydroxylation sites is 1. The molecule has 5 nitrogen and oxygen atoms in total. The molecule has 1 N–H and O–H groups in total. The Labute approximate surface area is 137 Å². The Bertz CT molecular complexity index is 518. The van der Waals surface area contributed by atoms with Crippen LogP contribution in [-0.4, -0.2) is 49.7 Å². The van der Waals surface area contributed by atoms with Gasteiger partial charge in [0.1, 0.15) is 13.2 Å². The maximum absolute atomic E-state index is 13.0. The molecule has 1 aromatic rings. The van der Waals surface area contributed by atoms with E-state index in [0.29, 0.717) is 30.3 Å². The highest BCUT2D eigenvalue weighted by Crippen LogP contribution is 2.34. The maximum Gasteiger partial charge on any atom is 0.258 e. The summed E-state index contributed by atoms with van der Waals surface area (Å²) < 4.78 is 11.2. The molecule has 0 saturated carbocycles. The van der Waals surface area contributed by atoms with Crippen LogP contribution in [0.4, 0.5) is 0 Å². The Hall–Kier alpha value is -1.46. The molecule has 1 fully saturated rings. The number of nitrogens with zero attached hydrogens (tertiary/aromatic N) is 1. The average molecular weight is 327 g/mol. The van der Waals surface area contributed by atoms with E-state index in [9.17, 15) is 4.79 Å². The number of fused-ring (bicyclic) bond motifs is 1. The smallest absolute Gasteiger partial charge is 0.258 e. The summed E-state index contributed by atoms with van der Waals surface area (Å²) in [6.45, 7) is 5.76. The largest absolute Gasteiger partial charge is 0.486 e. The quantitative estimate of drug-likeness (QED) is 0.920. The SMILES string of the molecule is CCCN(C(=O)c1cccc2c1OCCO2)C1CCNC1.Cl. The minimum atomic E-state index is 0. The molecule has 2 aliphatic rings. The lowest BCUT2D eigenvalue weighted by molar-refractivity contribution is 0.0682. The first-order valence-corrected chi connectivity index (χ1v) is 7.71. The highest BCUT2D eigenvalue weighted by molar-refractivity contribution is 5.98. The van der Waals surface area contributed by atoms with E-state index < -0.39 is 0 Å². The lowest BCUT2D eigenvalue weighted by atomic mass is 10.1. The van der Waals surface area contributed by atoms with Crippen molar-refractivity contribution in [1.29, 1.82) is 0 Å². The molecular formula is C16H23ClN2O3. The van der Waals surface area contributed by atoms with E-state index >= 15 is 0 Å². The summed E-state index contributed by atoms with van der Waals surface area (Å²) in [5.74, 6) is 1.32. The van der Waals surface area contributed by atoms with Gasteiger partial charge in [0, 0.05) is 19.1 Å². The molecule has 1 atom stereocenters. The first kappa shape index (κ1) is 16.9. The standard InChI is InChI=1S/C16H22N2O3.ClH/c1-2-8-18(12-6-7-17-11-12)16(19)13-4-3-5-14-15(13)21-10-9-20-14;/h3-5,12,17H,2,6-11H2,1H3;1H. The predicted octanol–water partition coefficient (Wildman–Crippen LogP) is 2.09. The molecule has 2 aliphatic heterocycles. The third-order valence-corrected chi connectivity index (χ3v) is 4.00. The molecule has 0 radical (unpaired) electrons. The van der Waals surface area contributed by atoms with Crippen LogP contribution in [0.2, 0.25) is 0 Å². The molecule has 1 unspecified atom stereocenters. The van der Waals surface area contributed by atoms with Gasteiger partial charge < -0.3 is 19.7 Å². The van der Waals surface area contributed by atoms with Gasteiger partial charge >= 0.3 is 0 Å². The van der Waals surface area contributed by atoms with Crippen molar-refractivity contribution in [2.75, 3.05) is 32.8 Å². The van der Waals surface area contributed by atoms with Gasteiger partial charge in [-0.2, -0.15) is 0 Å². The molecule has 1 aromatic carbocycles. The molecule has 0 aliphatic carbocycles. The molecule has 0 spiro atoms. The van der Waals surface area contributed by atoms with E-state index in [1.807, 2.05) is 23.1 Å². The summed E-state index contributed by atoms with van der Waals surface area (Å²) in [5, 5.41) is 3.33. The highest BCUT2D eigenvalue weighted by atomic mass is 35.5. The van der Waals surface area contributed by atoms with Gasteiger partial charge in [0.05, 0.1) is 5.56 Å². The molecule has 122 valence electrons. The summed E-state index contributed by atoms with van der Waals surface area (Å²) >= 11 is 0. The fourth-order valence-corrected chi connectivity index (χ4v) is 2.99. The number of hydrogen-bond donors (Lipinski definition) is 1. The molecule has 1 saturated heterocycles. The van der Waals surface area contributed by atoms with Crippen molar-refractivity contribution in [1.82, 2.24) is 10.2 Å². The monoisotopic (exact) mass is 326 g/mol. The number of carbonyl (C=O) groups excluding carboxylic acids is 1. The van der Waals surface area contributed by atoms with Crippen LogP contribution in [0.25, 0.3) is 0 Å². The summed E-state index contributed by atoms with van der Waals surface area (Å²) in [7, 11) is 0. The summed E-state index contributed by atoms with van der Waals surface area (Å²) in [6, 6.07) is 5.82. The fraction of sp³-hybridized carbons (Fsp3) is 0.562. The highest BCUT2D eigenvalue weighted by Gasteiger charge is 2.30. The molecule has 1 amide bonds. The molecule has 2 heterocycles. The van der Waals surface area contributed by atoms with E-state index in [4.69, 9.17) is 9.47 Å². The fourth-order valence-electron chi connectivity index (χ4n) is 2.99. The zero-order valence-corrected chi connectivity index (χ0v) is 13.7. The molecule has 0 bridgehead atoms. The molecule has 22 heavy (non-hydrogen) atoms. The van der Waals surface area contributed by atoms with Crippen molar-refractivity contribution in [3.63, 3.8) is 0 Å². The van der Waals surface area contributed by atoms with Crippen LogP contribution < -0.4 is 14.8 Å². The lowest BCUT2D eigenvalue weighted by Gasteiger charge is -2.30. The first-order valence-electron chi connectivity index (χ1n) is 7.71. The van der Waals surface area contributed by atoms with Gasteiger partial charge in [-0.1, -0.05) is 13.0 Å². The van der Waals surface area contributed by atoms with E-state index in [2.05, 4.69) is 12.2 Å². The normalized spacial score (nSPS) is 19.4. The Balaban J connectivity index is 0.00000176. The van der Waals surface area contributed by atoms with E-state index in [1.165, 1.54) is 0 Å². The molecule has 6 heteroatoms. The van der Waals surface area contributed by atoms with Crippen molar-refractivity contribution in [2.24, 2.45) is 0 Å². The van der Waals surface area contributed by atoms with Crippen molar-refractivity contribution in [3.8, 4) is 11.5 Å². The van der Waals surface area contributed by atoms with Gasteiger partial charge in [0.2, 0.25) is 0 Å². The zero-order chi connectivity index (χ0) is 14.7. The van der Waals surface area contributed by atoms with Gasteiger partial charge in [-0.15, -0.1) is 12.4 Å². The van der Waals surface area contributed by atoms with Gasteiger partial charge in [-0.25, -0.2) is 0 Å². The van der Waals surface area contributed by atoms with Crippen LogP contribution >= 0.6 is 12.4 Å². The number of nitrogens with one attached hydrogen (secondary N) is 1. The van der Waals surface area contributed by atoms with Crippen LogP contribution in [0.3, 0.4) is 0 Å². The minimum Gasteiger partial charge on any atom is -0.486 e. The second-order valence-corrected chi connectivity index (χ2v) is 5.47. The van der Waals surface area contributed by atoms with Crippen LogP contribution in [0.5, 0.6) is 11.5 Å². The average Bonchev–Trinajstić information content (AvgIpc) is 3.05. The van der Waals surface area contributed by atoms with Gasteiger partial charge in [0.15, 0.2) is 11.5 Å². The second-order valence-electron chi connectivity index (χ2n) is 5.47. The van der Waals surface area contributed by atoms with Gasteiger partial charge in [-0.3, -0.25) is 4.79 Å². The predicted molar refractivity (Wildman–Crippen MR) is 87.3 cm³/mol. The molecule has 0 aromatic heterocycles. The van der Waals surface area contributed by atoms with E-state index in [0.717, 1.165) is 32.5 Å². The number of carbonyl (C=O) groups is 1. The second kappa shape index (κ2) is 7.70. The Morgan fingerprint density at radius 2 is 2.18 bits per heavy atom. The number of hydrogen-bond acceptors (Lipinski definition) is 4. The Morgan fingerprint density at radius 1 is 1.36 bits per heavy atom. The van der Waals surface area contributed by atoms with Crippen molar-refractivity contribution in [2.45, 2.75) is 25.8 Å².